The van der Waals surface area contributed by atoms with Crippen LogP contribution < -0.4 is 0 Å². The molecule has 0 saturated carbocycles. The van der Waals surface area contributed by atoms with Crippen molar-refractivity contribution < 1.29 is 9.53 Å². The number of carbonyl (C=O) groups excluding carboxylic acids is 1. The number of hydrogen-bond donors (Lipinski definition) is 0. The summed E-state index contributed by atoms with van der Waals surface area (Å²) in [6.45, 7) is 7.64. The van der Waals surface area contributed by atoms with Gasteiger partial charge in [-0.15, -0.1) is 0 Å². The molecule has 130 valence electrons. The third-order valence-corrected chi connectivity index (χ3v) is 19.8. The third kappa shape index (κ3) is 11.6. The van der Waals surface area contributed by atoms with Crippen molar-refractivity contribution in [2.45, 2.75) is 89.9 Å². The summed E-state index contributed by atoms with van der Waals surface area (Å²) in [5, 5.41) is 0. The van der Waals surface area contributed by atoms with E-state index in [0.29, 0.717) is 13.0 Å². The maximum atomic E-state index is 10.3. The van der Waals surface area contributed by atoms with Crippen LogP contribution in [0, 0.1) is 0 Å². The van der Waals surface area contributed by atoms with Crippen molar-refractivity contribution in [3.05, 3.63) is 12.3 Å². The van der Waals surface area contributed by atoms with Gasteiger partial charge in [-0.25, -0.2) is 0 Å². The second-order valence-corrected chi connectivity index (χ2v) is 20.6. The molecule has 3 heteroatoms. The molecule has 0 radical (unpaired) electrons. The van der Waals surface area contributed by atoms with E-state index in [-0.39, 0.29) is 0 Å². The van der Waals surface area contributed by atoms with Gasteiger partial charge in [-0.05, 0) is 0 Å². The van der Waals surface area contributed by atoms with Gasteiger partial charge in [-0.1, -0.05) is 0 Å². The van der Waals surface area contributed by atoms with E-state index < -0.39 is 18.4 Å². The van der Waals surface area contributed by atoms with E-state index >= 15 is 0 Å². The molecular weight excluding hydrogens is 379 g/mol. The molecule has 0 aliphatic rings. The number of aldehydes is 1. The van der Waals surface area contributed by atoms with Gasteiger partial charge < -0.3 is 0 Å². The Morgan fingerprint density at radius 3 is 1.86 bits per heavy atom. The summed E-state index contributed by atoms with van der Waals surface area (Å²) >= 11 is -1.99. The fourth-order valence-corrected chi connectivity index (χ4v) is 18.1. The van der Waals surface area contributed by atoms with Crippen LogP contribution in [0.5, 0.6) is 0 Å². The number of carbonyl (C=O) groups is 1. The van der Waals surface area contributed by atoms with Gasteiger partial charge in [0.25, 0.3) is 0 Å². The van der Waals surface area contributed by atoms with Crippen LogP contribution in [0.4, 0.5) is 0 Å². The molecule has 0 N–H and O–H groups in total. The molecule has 0 fully saturated rings. The summed E-state index contributed by atoms with van der Waals surface area (Å²) in [5.74, 6) is 0. The molecule has 0 rings (SSSR count). The minimum absolute atomic E-state index is 0.612. The second-order valence-electron chi connectivity index (χ2n) is 6.57. The van der Waals surface area contributed by atoms with Crippen molar-refractivity contribution in [2.75, 3.05) is 6.61 Å². The predicted molar refractivity (Wildman–Crippen MR) is 100 cm³/mol. The quantitative estimate of drug-likeness (QED) is 0.127. The van der Waals surface area contributed by atoms with Gasteiger partial charge in [0.2, 0.25) is 0 Å². The zero-order valence-corrected chi connectivity index (χ0v) is 18.1. The van der Waals surface area contributed by atoms with E-state index in [1.807, 2.05) is 6.26 Å². The van der Waals surface area contributed by atoms with Crippen LogP contribution in [0.3, 0.4) is 0 Å². The van der Waals surface area contributed by atoms with Gasteiger partial charge in [-0.2, -0.15) is 0 Å². The summed E-state index contributed by atoms with van der Waals surface area (Å²) in [6, 6.07) is 0. The molecule has 0 aromatic carbocycles. The average molecular weight is 417 g/mol. The zero-order chi connectivity index (χ0) is 16.5. The minimum atomic E-state index is -1.99. The fourth-order valence-electron chi connectivity index (χ4n) is 3.02. The van der Waals surface area contributed by atoms with Crippen LogP contribution >= 0.6 is 0 Å². The van der Waals surface area contributed by atoms with E-state index in [1.165, 1.54) is 43.0 Å². The Kier molecular flexibility index (Phi) is 15.9. The zero-order valence-electron chi connectivity index (χ0n) is 15.2. The van der Waals surface area contributed by atoms with Gasteiger partial charge >= 0.3 is 143 Å². The molecule has 0 aromatic heterocycles. The number of allylic oxidation sites excluding steroid dienone is 1. The topological polar surface area (TPSA) is 26.3 Å². The first-order chi connectivity index (χ1) is 10.7. The summed E-state index contributed by atoms with van der Waals surface area (Å²) in [6.07, 6.45) is 14.9. The van der Waals surface area contributed by atoms with Crippen LogP contribution in [0.2, 0.25) is 17.7 Å². The summed E-state index contributed by atoms with van der Waals surface area (Å²) < 4.78 is 11.6. The first kappa shape index (κ1) is 22.0. The molecule has 2 nitrogen and oxygen atoms in total. The van der Waals surface area contributed by atoms with Crippen molar-refractivity contribution in [3.63, 3.8) is 0 Å². The molecular formula is C19H38O2Sn. The van der Waals surface area contributed by atoms with Gasteiger partial charge in [0.05, 0.1) is 0 Å². The van der Waals surface area contributed by atoms with E-state index in [9.17, 15) is 4.79 Å². The average Bonchev–Trinajstić information content (AvgIpc) is 2.55. The molecule has 22 heavy (non-hydrogen) atoms. The van der Waals surface area contributed by atoms with Gasteiger partial charge in [0.1, 0.15) is 0 Å². The molecule has 0 unspecified atom stereocenters. The Labute approximate surface area is 143 Å². The van der Waals surface area contributed by atoms with E-state index in [2.05, 4.69) is 26.8 Å². The summed E-state index contributed by atoms with van der Waals surface area (Å²) in [5.41, 5.74) is 0. The monoisotopic (exact) mass is 418 g/mol. The molecule has 0 aliphatic heterocycles. The SMILES string of the molecule is CCC[CH2][Sn]([CH2]/C=C/OCCCC=O)([CH2]CCC)[CH2]CCC. The molecule has 0 bridgehead atoms. The van der Waals surface area contributed by atoms with Crippen molar-refractivity contribution in [2.24, 2.45) is 0 Å². The Morgan fingerprint density at radius 2 is 1.41 bits per heavy atom. The summed E-state index contributed by atoms with van der Waals surface area (Å²) in [7, 11) is 0. The molecule has 0 atom stereocenters. The molecule has 0 heterocycles. The maximum absolute atomic E-state index is 10.3. The van der Waals surface area contributed by atoms with Gasteiger partial charge in [0, 0.05) is 0 Å². The number of ether oxygens (including phenoxy) is 1. The third-order valence-electron chi connectivity index (χ3n) is 4.51. The van der Waals surface area contributed by atoms with Gasteiger partial charge in [0.15, 0.2) is 0 Å². The second kappa shape index (κ2) is 15.9. The first-order valence-electron chi connectivity index (χ1n) is 9.45. The van der Waals surface area contributed by atoms with Crippen LogP contribution in [0.1, 0.15) is 72.1 Å². The Bertz CT molecular complexity index is 255. The molecule has 0 aromatic rings. The van der Waals surface area contributed by atoms with Crippen molar-refractivity contribution in [1.82, 2.24) is 0 Å². The predicted octanol–water partition coefficient (Wildman–Crippen LogP) is 6.34. The van der Waals surface area contributed by atoms with Crippen LogP contribution in [-0.4, -0.2) is 31.3 Å². The van der Waals surface area contributed by atoms with Crippen LogP contribution in [-0.2, 0) is 9.53 Å². The Hall–Kier alpha value is 0.00870. The molecule has 0 saturated heterocycles. The number of rotatable bonds is 16. The van der Waals surface area contributed by atoms with Gasteiger partial charge in [-0.3, -0.25) is 0 Å². The normalized spacial score (nSPS) is 12.0. The van der Waals surface area contributed by atoms with Crippen LogP contribution in [0.25, 0.3) is 0 Å². The number of hydrogen-bond acceptors (Lipinski definition) is 2. The molecule has 0 spiro atoms. The van der Waals surface area contributed by atoms with E-state index in [4.69, 9.17) is 4.74 Å². The van der Waals surface area contributed by atoms with Crippen molar-refractivity contribution in [1.29, 1.82) is 0 Å². The van der Waals surface area contributed by atoms with Crippen LogP contribution in [0.15, 0.2) is 12.3 Å². The Morgan fingerprint density at radius 1 is 0.864 bits per heavy atom. The van der Waals surface area contributed by atoms with E-state index in [0.717, 1.165) is 12.7 Å². The fraction of sp³-hybridized carbons (Fsp3) is 0.842. The summed E-state index contributed by atoms with van der Waals surface area (Å²) in [4.78, 5) is 10.3. The molecule has 0 aliphatic carbocycles. The van der Waals surface area contributed by atoms with Crippen molar-refractivity contribution in [3.8, 4) is 0 Å². The standard InChI is InChI=1S/C7H11O2.3C4H9.Sn/c1-2-6-9-7-4-3-5-8;3*1-3-4-2;/h2,5-6H,1,3-4,7H2;3*1,3-4H2,2H3;/b6-2+;;;;. The van der Waals surface area contributed by atoms with E-state index in [1.54, 1.807) is 13.3 Å². The Balaban J connectivity index is 4.43. The number of unbranched alkanes of at least 4 members (excludes halogenated alkanes) is 4. The first-order valence-corrected chi connectivity index (χ1v) is 17.5. The van der Waals surface area contributed by atoms with Crippen molar-refractivity contribution >= 4 is 24.7 Å². The molecule has 0 amide bonds.